The summed E-state index contributed by atoms with van der Waals surface area (Å²) in [7, 11) is 0. The zero-order valence-corrected chi connectivity index (χ0v) is 12.1. The number of unbranched alkanes of at least 4 members (excludes halogenated alkanes) is 1. The van der Waals surface area contributed by atoms with E-state index in [0.717, 1.165) is 18.8 Å². The molecule has 0 N–H and O–H groups in total. The molecule has 0 radical (unpaired) electrons. The molecule has 2 nitrogen and oxygen atoms in total. The maximum absolute atomic E-state index is 10.5. The van der Waals surface area contributed by atoms with E-state index in [1.807, 2.05) is 0 Å². The molecule has 2 atom stereocenters. The molecule has 0 aliphatic heterocycles. The molecule has 0 heterocycles. The summed E-state index contributed by atoms with van der Waals surface area (Å²) in [5.74, 6) is 1.40. The van der Waals surface area contributed by atoms with Crippen LogP contribution in [0.5, 0.6) is 0 Å². The van der Waals surface area contributed by atoms with Crippen LogP contribution in [0.25, 0.3) is 0 Å². The van der Waals surface area contributed by atoms with Crippen LogP contribution in [-0.2, 0) is 9.53 Å². The van der Waals surface area contributed by atoms with Crippen LogP contribution in [0, 0.1) is 11.8 Å². The van der Waals surface area contributed by atoms with Gasteiger partial charge in [-0.2, -0.15) is 0 Å². The highest BCUT2D eigenvalue weighted by molar-refractivity contribution is 5.37. The van der Waals surface area contributed by atoms with Gasteiger partial charge in [0.1, 0.15) is 6.10 Å². The minimum atomic E-state index is 0.128. The highest BCUT2D eigenvalue weighted by atomic mass is 16.5. The average Bonchev–Trinajstić information content (AvgIpc) is 2.28. The number of hydrogen-bond donors (Lipinski definition) is 0. The average molecular weight is 242 g/mol. The van der Waals surface area contributed by atoms with Crippen molar-refractivity contribution in [3.8, 4) is 0 Å². The molecule has 0 aromatic rings. The van der Waals surface area contributed by atoms with E-state index >= 15 is 0 Å². The molecule has 0 aromatic carbocycles. The highest BCUT2D eigenvalue weighted by Crippen LogP contribution is 2.22. The fourth-order valence-electron chi connectivity index (χ4n) is 2.31. The third kappa shape index (κ3) is 9.20. The fourth-order valence-corrected chi connectivity index (χ4v) is 2.31. The lowest BCUT2D eigenvalue weighted by molar-refractivity contribution is -0.134. The molecule has 0 rings (SSSR count). The van der Waals surface area contributed by atoms with E-state index < -0.39 is 0 Å². The van der Waals surface area contributed by atoms with E-state index in [1.165, 1.54) is 32.1 Å². The van der Waals surface area contributed by atoms with Gasteiger partial charge in [0.15, 0.2) is 0 Å². The van der Waals surface area contributed by atoms with Gasteiger partial charge in [0.05, 0.1) is 0 Å². The van der Waals surface area contributed by atoms with Crippen molar-refractivity contribution in [2.45, 2.75) is 78.7 Å². The zero-order valence-electron chi connectivity index (χ0n) is 12.1. The number of ether oxygens (including phenoxy) is 1. The summed E-state index contributed by atoms with van der Waals surface area (Å²) in [5, 5.41) is 0. The van der Waals surface area contributed by atoms with Crippen molar-refractivity contribution < 1.29 is 9.53 Å². The molecule has 0 spiro atoms. The maximum Gasteiger partial charge on any atom is 0.293 e. The Morgan fingerprint density at radius 3 is 2.29 bits per heavy atom. The predicted octanol–water partition coefficient (Wildman–Crippen LogP) is 4.57. The number of hydrogen-bond acceptors (Lipinski definition) is 2. The van der Waals surface area contributed by atoms with Gasteiger partial charge in [-0.25, -0.2) is 0 Å². The molecule has 0 saturated carbocycles. The van der Waals surface area contributed by atoms with Crippen LogP contribution in [0.3, 0.4) is 0 Å². The summed E-state index contributed by atoms with van der Waals surface area (Å²) in [6.45, 7) is 9.47. The minimum Gasteiger partial charge on any atom is -0.465 e. The summed E-state index contributed by atoms with van der Waals surface area (Å²) in [6, 6.07) is 0. The molecule has 0 bridgehead atoms. The van der Waals surface area contributed by atoms with E-state index in [1.54, 1.807) is 0 Å². The van der Waals surface area contributed by atoms with Gasteiger partial charge in [0, 0.05) is 0 Å². The van der Waals surface area contributed by atoms with Crippen LogP contribution in [0.1, 0.15) is 72.6 Å². The van der Waals surface area contributed by atoms with Crippen LogP contribution in [0.4, 0.5) is 0 Å². The van der Waals surface area contributed by atoms with Crippen molar-refractivity contribution in [2.75, 3.05) is 0 Å². The van der Waals surface area contributed by atoms with E-state index in [9.17, 15) is 4.79 Å². The molecule has 102 valence electrons. The smallest absolute Gasteiger partial charge is 0.293 e. The Bertz CT molecular complexity index is 178. The summed E-state index contributed by atoms with van der Waals surface area (Å²) >= 11 is 0. The van der Waals surface area contributed by atoms with Crippen LogP contribution in [0.2, 0.25) is 0 Å². The highest BCUT2D eigenvalue weighted by Gasteiger charge is 2.14. The largest absolute Gasteiger partial charge is 0.465 e. The van der Waals surface area contributed by atoms with Gasteiger partial charge in [0.25, 0.3) is 6.47 Å². The normalized spacial score (nSPS) is 14.6. The van der Waals surface area contributed by atoms with E-state index in [4.69, 9.17) is 4.74 Å². The standard InChI is InChI=1S/C15H30O2/c1-5-7-8-14(6-2)9-10-15(17-12-16)11-13(3)4/h12-15H,5-11H2,1-4H3/t14-,15-/m0/s1. The Morgan fingerprint density at radius 2 is 1.82 bits per heavy atom. The first kappa shape index (κ1) is 16.5. The quantitative estimate of drug-likeness (QED) is 0.496. The number of carbonyl (C=O) groups excluding carboxylic acids is 1. The monoisotopic (exact) mass is 242 g/mol. The lowest BCUT2D eigenvalue weighted by atomic mass is 9.91. The van der Waals surface area contributed by atoms with Gasteiger partial charge in [0.2, 0.25) is 0 Å². The van der Waals surface area contributed by atoms with Crippen molar-refractivity contribution in [2.24, 2.45) is 11.8 Å². The molecule has 2 heteroatoms. The predicted molar refractivity (Wildman–Crippen MR) is 72.9 cm³/mol. The second-order valence-corrected chi connectivity index (χ2v) is 5.48. The minimum absolute atomic E-state index is 0.128. The molecule has 0 aliphatic rings. The van der Waals surface area contributed by atoms with E-state index in [0.29, 0.717) is 12.4 Å². The molecule has 17 heavy (non-hydrogen) atoms. The van der Waals surface area contributed by atoms with E-state index in [-0.39, 0.29) is 6.10 Å². The second-order valence-electron chi connectivity index (χ2n) is 5.48. The molecular weight excluding hydrogens is 212 g/mol. The van der Waals surface area contributed by atoms with Crippen molar-refractivity contribution in [3.63, 3.8) is 0 Å². The van der Waals surface area contributed by atoms with Gasteiger partial charge in [-0.1, -0.05) is 53.4 Å². The summed E-state index contributed by atoms with van der Waals surface area (Å²) < 4.78 is 5.17. The van der Waals surface area contributed by atoms with Crippen LogP contribution in [0.15, 0.2) is 0 Å². The zero-order chi connectivity index (χ0) is 13.1. The van der Waals surface area contributed by atoms with Crippen molar-refractivity contribution in [1.29, 1.82) is 0 Å². The molecule has 0 aliphatic carbocycles. The molecule has 0 saturated heterocycles. The van der Waals surface area contributed by atoms with Crippen LogP contribution >= 0.6 is 0 Å². The topological polar surface area (TPSA) is 26.3 Å². The van der Waals surface area contributed by atoms with Gasteiger partial charge >= 0.3 is 0 Å². The first-order chi connectivity index (χ1) is 8.13. The Morgan fingerprint density at radius 1 is 1.12 bits per heavy atom. The van der Waals surface area contributed by atoms with Crippen LogP contribution in [-0.4, -0.2) is 12.6 Å². The lowest BCUT2D eigenvalue weighted by Crippen LogP contribution is -2.16. The Balaban J connectivity index is 3.93. The summed E-state index contributed by atoms with van der Waals surface area (Å²) in [5.41, 5.74) is 0. The Hall–Kier alpha value is -0.530. The summed E-state index contributed by atoms with van der Waals surface area (Å²) in [6.07, 6.45) is 8.50. The molecule has 0 amide bonds. The van der Waals surface area contributed by atoms with Gasteiger partial charge in [-0.05, 0) is 31.1 Å². The number of carbonyl (C=O) groups is 1. The number of rotatable bonds is 11. The van der Waals surface area contributed by atoms with Gasteiger partial charge in [-0.15, -0.1) is 0 Å². The SMILES string of the molecule is CCCC[C@H](CC)CC[C@@H](CC(C)C)OC=O. The molecule has 0 unspecified atom stereocenters. The molecular formula is C15H30O2. The third-order valence-electron chi connectivity index (χ3n) is 3.42. The Kier molecular flexibility index (Phi) is 10.3. The molecule has 0 aromatic heterocycles. The van der Waals surface area contributed by atoms with Gasteiger partial charge < -0.3 is 4.74 Å². The van der Waals surface area contributed by atoms with Crippen LogP contribution < -0.4 is 0 Å². The van der Waals surface area contributed by atoms with Crippen molar-refractivity contribution in [3.05, 3.63) is 0 Å². The summed E-state index contributed by atoms with van der Waals surface area (Å²) in [4.78, 5) is 10.5. The van der Waals surface area contributed by atoms with E-state index in [2.05, 4.69) is 27.7 Å². The van der Waals surface area contributed by atoms with Crippen molar-refractivity contribution >= 4 is 6.47 Å². The molecule has 0 fully saturated rings. The first-order valence-corrected chi connectivity index (χ1v) is 7.23. The lowest BCUT2D eigenvalue weighted by Gasteiger charge is -2.20. The fraction of sp³-hybridized carbons (Fsp3) is 0.933. The second kappa shape index (κ2) is 10.6. The maximum atomic E-state index is 10.5. The van der Waals surface area contributed by atoms with Crippen molar-refractivity contribution in [1.82, 2.24) is 0 Å². The first-order valence-electron chi connectivity index (χ1n) is 7.23. The Labute approximate surface area is 107 Å². The van der Waals surface area contributed by atoms with Gasteiger partial charge in [-0.3, -0.25) is 4.79 Å². The third-order valence-corrected chi connectivity index (χ3v) is 3.42.